The number of carboxylic acids is 1. The number of thiocarbonyl (C=S) groups is 1. The lowest BCUT2D eigenvalue weighted by atomic mass is 10.2. The summed E-state index contributed by atoms with van der Waals surface area (Å²) in [6.07, 6.45) is 31.1. The first-order valence-corrected chi connectivity index (χ1v) is 49.5. The van der Waals surface area contributed by atoms with Gasteiger partial charge in [0.25, 0.3) is 18.9 Å². The average molecular weight is 2180 g/mol. The fourth-order valence-electron chi connectivity index (χ4n) is 5.54. The number of aromatic nitrogens is 27. The van der Waals surface area contributed by atoms with Gasteiger partial charge in [-0.2, -0.15) is 35.0 Å². The van der Waals surface area contributed by atoms with E-state index < -0.39 is 17.0 Å². The molecule has 0 bridgehead atoms. The Morgan fingerprint density at radius 1 is 0.568 bits per heavy atom. The Hall–Kier alpha value is -10.7. The molecule has 43 nitrogen and oxygen atoms in total. The molecule has 0 aliphatic rings. The Balaban J connectivity index is -0.000000124. The van der Waals surface area contributed by atoms with Crippen LogP contribution in [0.2, 0.25) is 0 Å². The number of pyridine rings is 2. The van der Waals surface area contributed by atoms with Gasteiger partial charge in [0.05, 0.1) is 28.7 Å². The SMILES string of the molecule is CCC.CCC.CCC.CCC.CCC.CCC.CCC.CCC.CCC.CCC.CCC.CCC.CN(C)C(=O)c1c[nH]ccc1=S.CS(=O)[O-].C[n+]1ccccc1S.Cn1[nH]nnc1=S.Cn1c(OC=O)c[nH]c1=S.Cn1cc(OC=O)[nH]c1=S.Cn1cn[nH]c1=S.NC(N)=S.O=COc1nc(C(=O)O)c2[nH]c(=S)[nH]c2n1.O=COc1ncc2[nH]c(=S)[nH]c2n1.S=c1[nH]cc[nH]1.S=c1nn[nH][nH]1. The van der Waals surface area contributed by atoms with Crippen LogP contribution < -0.4 is 35.0 Å². The van der Waals surface area contributed by atoms with Gasteiger partial charge in [0.1, 0.15) is 24.4 Å². The second-order valence-corrected chi connectivity index (χ2v) is 31.3. The summed E-state index contributed by atoms with van der Waals surface area (Å²) in [4.78, 5) is 103. The van der Waals surface area contributed by atoms with E-state index in [9.17, 15) is 28.8 Å². The van der Waals surface area contributed by atoms with Crippen molar-refractivity contribution in [1.29, 1.82) is 0 Å². The van der Waals surface area contributed by atoms with Crippen LogP contribution >= 0.6 is 135 Å². The van der Waals surface area contributed by atoms with Crippen LogP contribution in [0.4, 0.5) is 0 Å². The summed E-state index contributed by atoms with van der Waals surface area (Å²) in [6.45, 7) is 52.1. The lowest BCUT2D eigenvalue weighted by molar-refractivity contribution is -0.708. The monoisotopic (exact) mass is 2180 g/mol. The molecule has 792 valence electrons. The molecule has 0 spiro atoms. The maximum atomic E-state index is 11.4. The molecule has 1 atom stereocenters. The van der Waals surface area contributed by atoms with E-state index in [-0.39, 0.29) is 57.6 Å². The number of imidazole rings is 5. The van der Waals surface area contributed by atoms with Gasteiger partial charge in [-0.3, -0.25) is 42.9 Å². The predicted octanol–water partition coefficient (Wildman–Crippen LogP) is 21.2. The van der Waals surface area contributed by atoms with E-state index in [2.05, 4.69) is 369 Å². The molecule has 0 saturated heterocycles. The number of hydrogen-bond donors (Lipinski definition) is 17. The molecular formula is C84H156N30O13S12. The van der Waals surface area contributed by atoms with Gasteiger partial charge < -0.3 is 99.0 Å². The third kappa shape index (κ3) is 103. The van der Waals surface area contributed by atoms with Crippen molar-refractivity contribution in [1.82, 2.24) is 134 Å². The second kappa shape index (κ2) is 113. The maximum Gasteiger partial charge on any atom is 0.357 e. The Morgan fingerprint density at radius 3 is 1.31 bits per heavy atom. The van der Waals surface area contributed by atoms with Crippen LogP contribution in [-0.2, 0) is 65.5 Å². The van der Waals surface area contributed by atoms with Gasteiger partial charge in [0, 0.05) is 79.2 Å². The molecule has 0 aliphatic heterocycles. The molecule has 12 heterocycles. The quantitative estimate of drug-likeness (QED) is 0.0199. The normalized spacial score (nSPS) is 8.68. The summed E-state index contributed by atoms with van der Waals surface area (Å²) in [5.41, 5.74) is 10.9. The number of carbonyl (C=O) groups is 6. The summed E-state index contributed by atoms with van der Waals surface area (Å²) in [6, 6.07) is 7.22. The zero-order valence-electron chi connectivity index (χ0n) is 86.4. The zero-order chi connectivity index (χ0) is 110. The van der Waals surface area contributed by atoms with Crippen molar-refractivity contribution in [2.45, 2.75) is 248 Å². The van der Waals surface area contributed by atoms with E-state index in [0.29, 0.717) is 79.3 Å². The number of H-pyrrole nitrogens is 13. The fraction of sp³-hybridized carbons (Fsp3) is 0.524. The van der Waals surface area contributed by atoms with Crippen LogP contribution in [0.1, 0.15) is 264 Å². The largest absolute Gasteiger partial charge is 0.773 e. The zero-order valence-corrected chi connectivity index (χ0v) is 96.3. The number of aromatic amines is 13. The Kier molecular flexibility index (Phi) is 124. The minimum Gasteiger partial charge on any atom is -0.773 e. The molecule has 0 aliphatic carbocycles. The first-order chi connectivity index (χ1) is 65.7. The van der Waals surface area contributed by atoms with E-state index in [1.165, 1.54) is 94.3 Å². The van der Waals surface area contributed by atoms with Crippen molar-refractivity contribution < 1.29 is 66.1 Å². The molecular weight excluding hydrogens is 2020 g/mol. The summed E-state index contributed by atoms with van der Waals surface area (Å²) >= 11 is 49.1. The third-order valence-electron chi connectivity index (χ3n) is 9.96. The molecule has 0 saturated carbocycles. The number of nitrogens with one attached hydrogen (secondary N) is 13. The van der Waals surface area contributed by atoms with Crippen LogP contribution in [0.5, 0.6) is 23.8 Å². The molecule has 55 heteroatoms. The average Bonchev–Trinajstić information content (AvgIpc) is 1.66. The molecule has 139 heavy (non-hydrogen) atoms. The molecule has 0 fully saturated rings. The number of aromatic carboxylic acids is 1. The van der Waals surface area contributed by atoms with Gasteiger partial charge in [-0.25, -0.2) is 14.5 Å². The van der Waals surface area contributed by atoms with Crippen molar-refractivity contribution in [3.8, 4) is 23.8 Å². The molecule has 0 radical (unpaired) electrons. The number of thiol groups is 1. The number of amides is 1. The number of carbonyl (C=O) groups excluding carboxylic acids is 5. The second-order valence-electron chi connectivity index (χ2n) is 26.0. The fourth-order valence-corrected chi connectivity index (χ4v) is 7.02. The lowest BCUT2D eigenvalue weighted by Crippen LogP contribution is -2.28. The predicted molar refractivity (Wildman–Crippen MR) is 587 cm³/mol. The van der Waals surface area contributed by atoms with E-state index in [4.69, 9.17) is 87.2 Å². The van der Waals surface area contributed by atoms with Crippen LogP contribution in [0.3, 0.4) is 0 Å². The third-order valence-corrected chi connectivity index (χ3v) is 13.1. The lowest BCUT2D eigenvalue weighted by Gasteiger charge is -2.09. The number of tetrazole rings is 2. The highest BCUT2D eigenvalue weighted by Crippen LogP contribution is 2.16. The Bertz CT molecular complexity index is 5260. The highest BCUT2D eigenvalue weighted by molar-refractivity contribution is 7.80. The van der Waals surface area contributed by atoms with Crippen molar-refractivity contribution in [2.75, 3.05) is 20.4 Å². The summed E-state index contributed by atoms with van der Waals surface area (Å²) in [7, 11) is 12.4. The molecule has 18 N–H and O–H groups in total. The number of fused-ring (bicyclic) bond motifs is 2. The maximum absolute atomic E-state index is 11.4. The standard InChI is InChI=1S/C8H10N2OS.C7H4N4O4S.C6H4N4O2S.C6H7NS.2C5H6N2O2S.C3H5N3S.C3H4N2S.12C3H8.C2H4N4S.CH2N4S.CH4N2S.CH4O2S/c1-10(2)8(11)6-5-9-4-3-7(6)12;12-1-15-6-8-3(5(13)14)2-4(10-6)11-7(16)9-2;11-2-12-5-7-1-3-4(9-5)10-6(13)8-3;1-7-5-3-2-4-6(7)8;1-7-2-4(9-3-8)6-5(7)10;1-7-4(9-3-8)2-6-5(7)10;1-6-2-4-5-3(6)7;6-3-4-1-2-5-3;12*1-3-2;1-6-2(7)3-4-5-6;6-1-2-4-5-3-1;2-1(3)4;1-4(2)3/h3-5H,1-2H3,(H,9,12);1H,(H,13,14)(H2,8,9,10,11,16);1-2H,(H2,7,8,9,10,13);2-5H,1H3;2*2-3H,1H3,(H,6,10);2H,1H3,(H,5,7);1-2H,(H2,4,5,6);12*3H2,1-2H3;1H3,(H,3,5,7);(H2,2,3,4,5,6);(H4,2,3,4);1H3,(H,2,3). The first-order valence-electron chi connectivity index (χ1n) is 43.5. The molecule has 12 rings (SSSR count). The smallest absolute Gasteiger partial charge is 0.357 e. The number of rotatable bonds is 10. The van der Waals surface area contributed by atoms with E-state index >= 15 is 0 Å². The molecule has 12 aromatic rings. The summed E-state index contributed by atoms with van der Waals surface area (Å²) in [5, 5.41) is 37.0. The van der Waals surface area contributed by atoms with Crippen LogP contribution in [0, 0.1) is 42.7 Å². The number of hydrogen-bond acceptors (Lipinski definition) is 32. The van der Waals surface area contributed by atoms with Crippen molar-refractivity contribution >= 4 is 211 Å². The van der Waals surface area contributed by atoms with Crippen LogP contribution in [0.25, 0.3) is 22.3 Å². The van der Waals surface area contributed by atoms with E-state index in [1.807, 2.05) is 43.1 Å². The number of nitrogens with zero attached hydrogens (tertiary/aromatic N) is 15. The van der Waals surface area contributed by atoms with Gasteiger partial charge in [-0.1, -0.05) is 300 Å². The van der Waals surface area contributed by atoms with Gasteiger partial charge in [0.2, 0.25) is 26.3 Å². The minimum atomic E-state index is -1.86. The first kappa shape index (κ1) is 154. The van der Waals surface area contributed by atoms with Gasteiger partial charge in [-0.05, 0) is 128 Å². The molecule has 12 aromatic heterocycles. The molecule has 1 unspecified atom stereocenters. The van der Waals surface area contributed by atoms with Crippen LogP contribution in [0.15, 0.2) is 85.2 Å². The van der Waals surface area contributed by atoms with Crippen molar-refractivity contribution in [3.63, 3.8) is 0 Å². The van der Waals surface area contributed by atoms with E-state index in [0.717, 1.165) is 11.3 Å². The van der Waals surface area contributed by atoms with Crippen molar-refractivity contribution in [3.05, 3.63) is 134 Å². The molecule has 0 aromatic carbocycles. The topological polar surface area (TPSA) is 600 Å². The highest BCUT2D eigenvalue weighted by Gasteiger charge is 2.17. The van der Waals surface area contributed by atoms with Crippen molar-refractivity contribution in [2.24, 2.45) is 46.7 Å². The van der Waals surface area contributed by atoms with Gasteiger partial charge in [0.15, 0.2) is 56.9 Å². The summed E-state index contributed by atoms with van der Waals surface area (Å²) in [5.74, 6) is -0.576. The number of ether oxygens (including phenoxy) is 4. The van der Waals surface area contributed by atoms with Crippen LogP contribution in [-0.4, -0.2) is 212 Å². The number of nitrogens with two attached hydrogens (primary N) is 2. The van der Waals surface area contributed by atoms with Gasteiger partial charge in [-0.15, -0.1) is 0 Å². The Labute approximate surface area is 878 Å². The summed E-state index contributed by atoms with van der Waals surface area (Å²) < 4.78 is 48.8. The highest BCUT2D eigenvalue weighted by atomic mass is 32.2. The number of carboxylic acid groups (broad SMARTS) is 1. The minimum absolute atomic E-state index is 0.000000000000000222. The van der Waals surface area contributed by atoms with Gasteiger partial charge >= 0.3 is 30.9 Å². The Morgan fingerprint density at radius 2 is 1.01 bits per heavy atom. The van der Waals surface area contributed by atoms with E-state index in [1.54, 1.807) is 97.0 Å². The molecule has 1 amide bonds. The number of aryl methyl sites for hydroxylation is 4.